The molecule has 0 unspecified atom stereocenters. The number of aryl methyl sites for hydroxylation is 2. The number of hydrogen-bond acceptors (Lipinski definition) is 9. The van der Waals surface area contributed by atoms with Crippen molar-refractivity contribution in [2.75, 3.05) is 11.9 Å². The van der Waals surface area contributed by atoms with Gasteiger partial charge in [0.25, 0.3) is 0 Å². The fraction of sp³-hybridized carbons (Fsp3) is 0.379. The Bertz CT molecular complexity index is 1800. The molecule has 1 aliphatic heterocycles. The zero-order chi connectivity index (χ0) is 31.3. The maximum Gasteiger partial charge on any atom is 0.345 e. The lowest BCUT2D eigenvalue weighted by atomic mass is 10.00. The quantitative estimate of drug-likeness (QED) is 0.206. The second-order valence-electron chi connectivity index (χ2n) is 11.1. The Morgan fingerprint density at radius 2 is 1.89 bits per heavy atom. The van der Waals surface area contributed by atoms with Gasteiger partial charge in [-0.05, 0) is 60.3 Å². The molecule has 1 aliphatic carbocycles. The van der Waals surface area contributed by atoms with Gasteiger partial charge < -0.3 is 15.0 Å². The third-order valence-corrected chi connectivity index (χ3v) is 8.58. The highest BCUT2D eigenvalue weighted by Gasteiger charge is 2.67. The average molecular weight is 669 g/mol. The summed E-state index contributed by atoms with van der Waals surface area (Å²) >= 11 is 3.29. The van der Waals surface area contributed by atoms with Crippen LogP contribution < -0.4 is 5.32 Å². The van der Waals surface area contributed by atoms with Crippen LogP contribution in [0, 0.1) is 19.3 Å². The van der Waals surface area contributed by atoms with E-state index >= 15 is 0 Å². The molecule has 12 nitrogen and oxygen atoms in total. The SMILES string of the molecule is CC(=O)c1nn(CC(=O)N2[C@H](C(=O)Nc3nc(Br)ccc3C)C[C@@]3(COC(F)F)C[C@@H]23)c2cnc(-c3cnc(C)nc3)cc12. The first-order valence-electron chi connectivity index (χ1n) is 13.8. The number of aromatic nitrogens is 6. The van der Waals surface area contributed by atoms with Gasteiger partial charge in [0.1, 0.15) is 34.5 Å². The van der Waals surface area contributed by atoms with Crippen molar-refractivity contribution in [3.05, 3.63) is 58.5 Å². The molecule has 5 heterocycles. The van der Waals surface area contributed by atoms with Crippen LogP contribution in [-0.2, 0) is 20.9 Å². The Morgan fingerprint density at radius 3 is 2.59 bits per heavy atom. The number of fused-ring (bicyclic) bond motifs is 2. The number of piperidine rings is 1. The van der Waals surface area contributed by atoms with Crippen LogP contribution >= 0.6 is 15.9 Å². The van der Waals surface area contributed by atoms with E-state index in [1.807, 2.05) is 0 Å². The standard InChI is InChI=1S/C29H27BrF2N8O4/c1-14-4-5-23(30)36-26(14)37-27(43)20-7-29(13-44-28(31)32)8-22(29)40(20)24(42)12-39-21-11-35-19(17-9-33-16(3)34-10-17)6-18(21)25(38-39)15(2)41/h4-6,9-11,20,22,28H,7-8,12-13H2,1-3H3,(H,36,37,43)/t20-,22+,29-/m0/s1. The highest BCUT2D eigenvalue weighted by molar-refractivity contribution is 9.10. The predicted octanol–water partition coefficient (Wildman–Crippen LogP) is 4.10. The molecule has 0 aromatic carbocycles. The first-order valence-corrected chi connectivity index (χ1v) is 14.6. The van der Waals surface area contributed by atoms with Crippen molar-refractivity contribution in [1.29, 1.82) is 0 Å². The van der Waals surface area contributed by atoms with E-state index in [-0.39, 0.29) is 31.0 Å². The Hall–Kier alpha value is -4.24. The predicted molar refractivity (Wildman–Crippen MR) is 157 cm³/mol. The minimum absolute atomic E-state index is 0.150. The number of rotatable bonds is 9. The Kier molecular flexibility index (Phi) is 7.70. The number of nitrogens with zero attached hydrogens (tertiary/aromatic N) is 7. The summed E-state index contributed by atoms with van der Waals surface area (Å²) in [5.41, 5.74) is 1.72. The van der Waals surface area contributed by atoms with E-state index in [0.29, 0.717) is 50.4 Å². The number of ether oxygens (including phenoxy) is 1. The van der Waals surface area contributed by atoms with Crippen molar-refractivity contribution >= 4 is 50.2 Å². The van der Waals surface area contributed by atoms with Crippen LogP contribution in [0.3, 0.4) is 0 Å². The van der Waals surface area contributed by atoms with Gasteiger partial charge in [0.2, 0.25) is 11.8 Å². The summed E-state index contributed by atoms with van der Waals surface area (Å²) in [6, 6.07) is 3.78. The van der Waals surface area contributed by atoms with Gasteiger partial charge in [0, 0.05) is 41.7 Å². The molecule has 1 saturated carbocycles. The van der Waals surface area contributed by atoms with Crippen LogP contribution in [0.2, 0.25) is 0 Å². The summed E-state index contributed by atoms with van der Waals surface area (Å²) in [4.78, 5) is 58.6. The van der Waals surface area contributed by atoms with Crippen LogP contribution in [0.4, 0.5) is 14.6 Å². The number of nitrogens with one attached hydrogen (secondary N) is 1. The van der Waals surface area contributed by atoms with Gasteiger partial charge in [0.05, 0.1) is 24.0 Å². The fourth-order valence-corrected chi connectivity index (χ4v) is 6.14. The number of hydrogen-bond donors (Lipinski definition) is 1. The number of likely N-dealkylation sites (tertiary alicyclic amines) is 1. The molecule has 3 atom stereocenters. The molecule has 4 aromatic heterocycles. The van der Waals surface area contributed by atoms with E-state index in [1.54, 1.807) is 44.4 Å². The Labute approximate surface area is 258 Å². The normalized spacial score (nSPS) is 20.7. The molecule has 1 saturated heterocycles. The zero-order valence-corrected chi connectivity index (χ0v) is 25.5. The topological polar surface area (TPSA) is 145 Å². The molecule has 4 aromatic rings. The number of amides is 2. The van der Waals surface area contributed by atoms with E-state index in [4.69, 9.17) is 0 Å². The molecule has 0 spiro atoms. The molecule has 2 amide bonds. The second kappa shape index (κ2) is 11.4. The molecule has 2 fully saturated rings. The molecule has 15 heteroatoms. The third-order valence-electron chi connectivity index (χ3n) is 8.14. The highest BCUT2D eigenvalue weighted by atomic mass is 79.9. The van der Waals surface area contributed by atoms with E-state index in [1.165, 1.54) is 22.7 Å². The first-order chi connectivity index (χ1) is 21.0. The fourth-order valence-electron chi connectivity index (χ4n) is 5.83. The molecule has 0 radical (unpaired) electrons. The number of Topliss-reactive ketones (excluding diaryl/α,β-unsaturated/α-hetero) is 1. The summed E-state index contributed by atoms with van der Waals surface area (Å²) in [5.74, 6) is -0.333. The number of halogens is 3. The van der Waals surface area contributed by atoms with Gasteiger partial charge in [-0.2, -0.15) is 13.9 Å². The van der Waals surface area contributed by atoms with E-state index in [2.05, 4.69) is 51.0 Å². The van der Waals surface area contributed by atoms with Crippen molar-refractivity contribution in [3.8, 4) is 11.3 Å². The largest absolute Gasteiger partial charge is 0.345 e. The smallest absolute Gasteiger partial charge is 0.325 e. The maximum absolute atomic E-state index is 13.9. The van der Waals surface area contributed by atoms with E-state index < -0.39 is 35.9 Å². The first kappa shape index (κ1) is 29.8. The van der Waals surface area contributed by atoms with Crippen LogP contribution in [0.25, 0.3) is 22.2 Å². The number of pyridine rings is 2. The lowest BCUT2D eigenvalue weighted by Crippen LogP contribution is -2.47. The third kappa shape index (κ3) is 5.56. The summed E-state index contributed by atoms with van der Waals surface area (Å²) in [7, 11) is 0. The summed E-state index contributed by atoms with van der Waals surface area (Å²) in [5, 5.41) is 7.72. The van der Waals surface area contributed by atoms with Crippen molar-refractivity contribution in [1.82, 2.24) is 34.6 Å². The zero-order valence-electron chi connectivity index (χ0n) is 23.9. The van der Waals surface area contributed by atoms with Crippen LogP contribution in [-0.4, -0.2) is 77.5 Å². The molecule has 6 rings (SSSR count). The van der Waals surface area contributed by atoms with Gasteiger partial charge in [-0.3, -0.25) is 24.0 Å². The van der Waals surface area contributed by atoms with Gasteiger partial charge in [0.15, 0.2) is 5.78 Å². The monoisotopic (exact) mass is 668 g/mol. The van der Waals surface area contributed by atoms with Gasteiger partial charge in [-0.1, -0.05) is 6.07 Å². The summed E-state index contributed by atoms with van der Waals surface area (Å²) in [6.07, 6.45) is 5.34. The van der Waals surface area contributed by atoms with E-state index in [0.717, 1.165) is 0 Å². The van der Waals surface area contributed by atoms with Gasteiger partial charge >= 0.3 is 6.61 Å². The molecule has 44 heavy (non-hydrogen) atoms. The van der Waals surface area contributed by atoms with Crippen LogP contribution in [0.1, 0.15) is 41.6 Å². The number of carbonyl (C=O) groups is 3. The van der Waals surface area contributed by atoms with Crippen LogP contribution in [0.15, 0.2) is 41.4 Å². The van der Waals surface area contributed by atoms with Crippen molar-refractivity contribution < 1.29 is 27.9 Å². The minimum Gasteiger partial charge on any atom is -0.325 e. The highest BCUT2D eigenvalue weighted by Crippen LogP contribution is 2.60. The number of alkyl halides is 2. The number of anilines is 1. The molecular weight excluding hydrogens is 642 g/mol. The molecule has 1 N–H and O–H groups in total. The van der Waals surface area contributed by atoms with Crippen molar-refractivity contribution in [2.24, 2.45) is 5.41 Å². The van der Waals surface area contributed by atoms with Crippen LogP contribution in [0.5, 0.6) is 0 Å². The maximum atomic E-state index is 13.9. The average Bonchev–Trinajstić information content (AvgIpc) is 3.40. The lowest BCUT2D eigenvalue weighted by molar-refractivity contribution is -0.141. The Balaban J connectivity index is 1.30. The molecule has 228 valence electrons. The van der Waals surface area contributed by atoms with Crippen molar-refractivity contribution in [2.45, 2.75) is 58.9 Å². The molecule has 0 bridgehead atoms. The lowest BCUT2D eigenvalue weighted by Gasteiger charge is -2.27. The number of ketones is 1. The van der Waals surface area contributed by atoms with Crippen molar-refractivity contribution in [3.63, 3.8) is 0 Å². The number of carbonyl (C=O) groups excluding carboxylic acids is 3. The van der Waals surface area contributed by atoms with Gasteiger partial charge in [-0.25, -0.2) is 15.0 Å². The molecule has 2 aliphatic rings. The second-order valence-corrected chi connectivity index (χ2v) is 11.9. The summed E-state index contributed by atoms with van der Waals surface area (Å²) < 4.78 is 32.5. The molecular formula is C29H27BrF2N8O4. The Morgan fingerprint density at radius 1 is 1.14 bits per heavy atom. The van der Waals surface area contributed by atoms with E-state index in [9.17, 15) is 23.2 Å². The summed E-state index contributed by atoms with van der Waals surface area (Å²) in [6.45, 7) is 1.36. The minimum atomic E-state index is -2.97. The van der Waals surface area contributed by atoms with Gasteiger partial charge in [-0.15, -0.1) is 0 Å².